The van der Waals surface area contributed by atoms with Crippen LogP contribution < -0.4 is 11.1 Å². The zero-order chi connectivity index (χ0) is 12.4. The second kappa shape index (κ2) is 4.29. The van der Waals surface area contributed by atoms with E-state index in [-0.39, 0.29) is 0 Å². The molecule has 0 radical (unpaired) electrons. The molecule has 3 N–H and O–H groups in total. The van der Waals surface area contributed by atoms with Gasteiger partial charge in [-0.25, -0.2) is 4.68 Å². The number of anilines is 2. The van der Waals surface area contributed by atoms with Crippen molar-refractivity contribution in [2.24, 2.45) is 0 Å². The van der Waals surface area contributed by atoms with Crippen LogP contribution in [0, 0.1) is 13.8 Å². The summed E-state index contributed by atoms with van der Waals surface area (Å²) in [6.45, 7) is 4.04. The lowest BCUT2D eigenvalue weighted by atomic mass is 10.1. The summed E-state index contributed by atoms with van der Waals surface area (Å²) in [4.78, 5) is 10.4. The first kappa shape index (κ1) is 11.2. The second-order valence-electron chi connectivity index (χ2n) is 3.84. The fourth-order valence-electron chi connectivity index (χ4n) is 1.69. The Morgan fingerprint density at radius 3 is 2.88 bits per heavy atom. The van der Waals surface area contributed by atoms with Crippen LogP contribution in [0.15, 0.2) is 24.4 Å². The number of carbonyl (C=O) groups excluding carboxylic acids is 1. The number of nitrogens with zero attached hydrogens (tertiary/aromatic N) is 2. The van der Waals surface area contributed by atoms with Gasteiger partial charge in [-0.3, -0.25) is 4.79 Å². The molecular weight excluding hydrogens is 216 g/mol. The van der Waals surface area contributed by atoms with Crippen molar-refractivity contribution in [1.82, 2.24) is 9.78 Å². The Balaban J connectivity index is 2.53. The first-order valence-corrected chi connectivity index (χ1v) is 5.25. The van der Waals surface area contributed by atoms with E-state index in [2.05, 4.69) is 10.4 Å². The molecule has 5 nitrogen and oxygen atoms in total. The molecule has 17 heavy (non-hydrogen) atoms. The molecule has 2 aromatic rings. The molecule has 0 spiro atoms. The average molecular weight is 230 g/mol. The van der Waals surface area contributed by atoms with Crippen molar-refractivity contribution in [3.63, 3.8) is 0 Å². The number of aromatic nitrogens is 2. The van der Waals surface area contributed by atoms with E-state index in [1.807, 2.05) is 32.0 Å². The Labute approximate surface area is 99.2 Å². The molecule has 0 saturated heterocycles. The van der Waals surface area contributed by atoms with Crippen molar-refractivity contribution in [2.75, 3.05) is 11.1 Å². The maximum absolute atomic E-state index is 10.4. The van der Waals surface area contributed by atoms with Crippen molar-refractivity contribution in [2.45, 2.75) is 13.8 Å². The van der Waals surface area contributed by atoms with Crippen molar-refractivity contribution in [1.29, 1.82) is 0 Å². The zero-order valence-corrected chi connectivity index (χ0v) is 9.77. The van der Waals surface area contributed by atoms with Gasteiger partial charge in [0.15, 0.2) is 5.82 Å². The van der Waals surface area contributed by atoms with Crippen molar-refractivity contribution < 1.29 is 4.79 Å². The highest BCUT2D eigenvalue weighted by Gasteiger charge is 2.10. The summed E-state index contributed by atoms with van der Waals surface area (Å²) in [5.41, 5.74) is 9.63. The number of amides is 1. The number of nitrogens with one attached hydrogen (secondary N) is 1. The van der Waals surface area contributed by atoms with Gasteiger partial charge in [-0.1, -0.05) is 12.1 Å². The van der Waals surface area contributed by atoms with Crippen LogP contribution in [0.2, 0.25) is 0 Å². The molecule has 1 aromatic carbocycles. The number of nitrogen functional groups attached to an aromatic ring is 1. The third-order valence-electron chi connectivity index (χ3n) is 2.83. The molecule has 5 heteroatoms. The summed E-state index contributed by atoms with van der Waals surface area (Å²) in [5, 5.41) is 6.69. The normalized spacial score (nSPS) is 10.2. The number of carbonyl (C=O) groups is 1. The first-order valence-electron chi connectivity index (χ1n) is 5.25. The smallest absolute Gasteiger partial charge is 0.211 e. The Kier molecular flexibility index (Phi) is 2.82. The summed E-state index contributed by atoms with van der Waals surface area (Å²) in [6.07, 6.45) is 2.12. The summed E-state index contributed by atoms with van der Waals surface area (Å²) in [7, 11) is 0. The fraction of sp³-hybridized carbons (Fsp3) is 0.167. The highest BCUT2D eigenvalue weighted by molar-refractivity contribution is 5.78. The van der Waals surface area contributed by atoms with Gasteiger partial charge in [-0.05, 0) is 31.0 Å². The third kappa shape index (κ3) is 1.87. The van der Waals surface area contributed by atoms with Gasteiger partial charge in [0.2, 0.25) is 6.41 Å². The Bertz CT molecular complexity index is 560. The van der Waals surface area contributed by atoms with E-state index >= 15 is 0 Å². The van der Waals surface area contributed by atoms with Crippen LogP contribution in [0.1, 0.15) is 11.1 Å². The van der Waals surface area contributed by atoms with Gasteiger partial charge in [-0.15, -0.1) is 0 Å². The largest absolute Gasteiger partial charge is 0.382 e. The van der Waals surface area contributed by atoms with Crippen LogP contribution in [0.3, 0.4) is 0 Å². The number of aryl methyl sites for hydroxylation is 1. The lowest BCUT2D eigenvalue weighted by Gasteiger charge is -2.10. The summed E-state index contributed by atoms with van der Waals surface area (Å²) in [5.74, 6) is 0.422. The number of rotatable bonds is 3. The molecular formula is C12H14N4O. The van der Waals surface area contributed by atoms with Gasteiger partial charge < -0.3 is 11.1 Å². The van der Waals surface area contributed by atoms with Crippen LogP contribution in [0.4, 0.5) is 11.5 Å². The quantitative estimate of drug-likeness (QED) is 0.787. The van der Waals surface area contributed by atoms with E-state index in [0.717, 1.165) is 11.3 Å². The van der Waals surface area contributed by atoms with E-state index in [9.17, 15) is 4.79 Å². The molecule has 0 atom stereocenters. The summed E-state index contributed by atoms with van der Waals surface area (Å²) >= 11 is 0. The van der Waals surface area contributed by atoms with E-state index in [0.29, 0.717) is 17.9 Å². The van der Waals surface area contributed by atoms with Crippen LogP contribution in [0.5, 0.6) is 0 Å². The van der Waals surface area contributed by atoms with Crippen molar-refractivity contribution in [3.05, 3.63) is 35.5 Å². The molecule has 1 amide bonds. The predicted molar refractivity (Wildman–Crippen MR) is 67.1 cm³/mol. The van der Waals surface area contributed by atoms with Crippen LogP contribution in [-0.2, 0) is 4.79 Å². The van der Waals surface area contributed by atoms with Gasteiger partial charge >= 0.3 is 0 Å². The van der Waals surface area contributed by atoms with Gasteiger partial charge in [0.1, 0.15) is 5.69 Å². The van der Waals surface area contributed by atoms with Crippen LogP contribution >= 0.6 is 0 Å². The first-order chi connectivity index (χ1) is 8.15. The SMILES string of the molecule is Cc1cccc(-n2ncc(NC=O)c2N)c1C. The van der Waals surface area contributed by atoms with Gasteiger partial charge in [0.25, 0.3) is 0 Å². The molecule has 88 valence electrons. The highest BCUT2D eigenvalue weighted by Crippen LogP contribution is 2.24. The monoisotopic (exact) mass is 230 g/mol. The lowest BCUT2D eigenvalue weighted by Crippen LogP contribution is -2.06. The number of nitrogens with two attached hydrogens (primary N) is 1. The second-order valence-corrected chi connectivity index (χ2v) is 3.84. The number of hydrogen-bond donors (Lipinski definition) is 2. The standard InChI is InChI=1S/C12H14N4O/c1-8-4-3-5-11(9(8)2)16-12(13)10(6-15-16)14-7-17/h3-7H,13H2,1-2H3,(H,14,17). The number of benzene rings is 1. The van der Waals surface area contributed by atoms with E-state index in [4.69, 9.17) is 5.73 Å². The Hall–Kier alpha value is -2.30. The molecule has 0 unspecified atom stereocenters. The minimum atomic E-state index is 0.422. The maximum Gasteiger partial charge on any atom is 0.211 e. The molecule has 0 aliphatic carbocycles. The molecule has 0 fully saturated rings. The molecule has 0 aliphatic rings. The highest BCUT2D eigenvalue weighted by atomic mass is 16.1. The minimum absolute atomic E-state index is 0.422. The molecule has 0 saturated carbocycles. The topological polar surface area (TPSA) is 72.9 Å². The summed E-state index contributed by atoms with van der Waals surface area (Å²) < 4.78 is 1.62. The van der Waals surface area contributed by atoms with Gasteiger partial charge in [0.05, 0.1) is 11.9 Å². The van der Waals surface area contributed by atoms with Crippen molar-refractivity contribution in [3.8, 4) is 5.69 Å². The molecule has 1 aromatic heterocycles. The predicted octanol–water partition coefficient (Wildman–Crippen LogP) is 1.64. The van der Waals surface area contributed by atoms with E-state index in [1.54, 1.807) is 4.68 Å². The van der Waals surface area contributed by atoms with Crippen LogP contribution in [0.25, 0.3) is 5.69 Å². The summed E-state index contributed by atoms with van der Waals surface area (Å²) in [6, 6.07) is 5.92. The fourth-order valence-corrected chi connectivity index (χ4v) is 1.69. The maximum atomic E-state index is 10.4. The zero-order valence-electron chi connectivity index (χ0n) is 9.77. The minimum Gasteiger partial charge on any atom is -0.382 e. The Morgan fingerprint density at radius 1 is 1.41 bits per heavy atom. The third-order valence-corrected chi connectivity index (χ3v) is 2.83. The van der Waals surface area contributed by atoms with Gasteiger partial charge in [0, 0.05) is 0 Å². The molecule has 1 heterocycles. The van der Waals surface area contributed by atoms with Crippen molar-refractivity contribution >= 4 is 17.9 Å². The van der Waals surface area contributed by atoms with Gasteiger partial charge in [-0.2, -0.15) is 5.10 Å². The Morgan fingerprint density at radius 2 is 2.18 bits per heavy atom. The van der Waals surface area contributed by atoms with Crippen LogP contribution in [-0.4, -0.2) is 16.2 Å². The molecule has 2 rings (SSSR count). The number of hydrogen-bond acceptors (Lipinski definition) is 3. The molecule has 0 bridgehead atoms. The van der Waals surface area contributed by atoms with E-state index in [1.165, 1.54) is 11.8 Å². The lowest BCUT2D eigenvalue weighted by molar-refractivity contribution is -0.105. The molecule has 0 aliphatic heterocycles. The average Bonchev–Trinajstić information content (AvgIpc) is 2.66. The van der Waals surface area contributed by atoms with E-state index < -0.39 is 0 Å².